The monoisotopic (exact) mass is 350 g/mol. The van der Waals surface area contributed by atoms with Crippen molar-refractivity contribution in [3.8, 4) is 0 Å². The number of hydrogen-bond donors (Lipinski definition) is 1. The first-order valence-corrected chi connectivity index (χ1v) is 7.29. The number of aromatic nitrogens is 3. The van der Waals surface area contributed by atoms with Gasteiger partial charge in [-0.05, 0) is 35.0 Å². The van der Waals surface area contributed by atoms with E-state index < -0.39 is 0 Å². The number of anilines is 1. The topological polar surface area (TPSA) is 42.2 Å². The lowest BCUT2D eigenvalue weighted by Crippen LogP contribution is -2.03. The van der Waals surface area contributed by atoms with Crippen LogP contribution in [0.3, 0.4) is 0 Å². The van der Waals surface area contributed by atoms with Crippen molar-refractivity contribution in [2.24, 2.45) is 0 Å². The predicted octanol–water partition coefficient (Wildman–Crippen LogP) is 4.07. The largest absolute Gasteiger partial charge is 0.380 e. The third kappa shape index (κ3) is 2.64. The Morgan fingerprint density at radius 1 is 1.40 bits per heavy atom. The molecule has 2 heterocycles. The van der Waals surface area contributed by atoms with Crippen LogP contribution >= 0.6 is 27.5 Å². The van der Waals surface area contributed by atoms with Crippen LogP contribution < -0.4 is 5.32 Å². The Labute approximate surface area is 129 Å². The number of halogens is 2. The Hall–Kier alpha value is -1.59. The summed E-state index contributed by atoms with van der Waals surface area (Å²) >= 11 is 9.53. The molecule has 0 atom stereocenters. The summed E-state index contributed by atoms with van der Waals surface area (Å²) in [6.07, 6.45) is 3.82. The van der Waals surface area contributed by atoms with E-state index in [0.29, 0.717) is 11.6 Å². The summed E-state index contributed by atoms with van der Waals surface area (Å²) in [5.41, 5.74) is 3.82. The van der Waals surface area contributed by atoms with Gasteiger partial charge in [0, 0.05) is 30.6 Å². The van der Waals surface area contributed by atoms with E-state index in [1.807, 2.05) is 43.6 Å². The van der Waals surface area contributed by atoms with Crippen LogP contribution in [0.2, 0.25) is 5.02 Å². The standard InChI is InChI=1S/C14H12BrClN4/c1-9-5-13-18-7-10(8-20(13)19-9)6-17-12-4-2-3-11(16)14(12)15/h2-5,7-8,17H,6H2,1H3. The number of nitrogens with zero attached hydrogens (tertiary/aromatic N) is 3. The highest BCUT2D eigenvalue weighted by Crippen LogP contribution is 2.30. The molecule has 102 valence electrons. The van der Waals surface area contributed by atoms with E-state index in [1.165, 1.54) is 0 Å². The molecular weight excluding hydrogens is 340 g/mol. The van der Waals surface area contributed by atoms with Crippen LogP contribution in [-0.4, -0.2) is 14.6 Å². The lowest BCUT2D eigenvalue weighted by molar-refractivity contribution is 0.895. The molecule has 1 aromatic carbocycles. The Morgan fingerprint density at radius 3 is 3.10 bits per heavy atom. The molecule has 4 nitrogen and oxygen atoms in total. The fourth-order valence-corrected chi connectivity index (χ4v) is 2.54. The summed E-state index contributed by atoms with van der Waals surface area (Å²) in [5.74, 6) is 0. The van der Waals surface area contributed by atoms with Gasteiger partial charge in [-0.3, -0.25) is 0 Å². The normalized spacial score (nSPS) is 10.9. The van der Waals surface area contributed by atoms with Crippen molar-refractivity contribution < 1.29 is 0 Å². The third-order valence-electron chi connectivity index (χ3n) is 2.92. The van der Waals surface area contributed by atoms with Crippen LogP contribution in [0.25, 0.3) is 5.65 Å². The highest BCUT2D eigenvalue weighted by Gasteiger charge is 2.04. The molecule has 0 bridgehead atoms. The maximum absolute atomic E-state index is 6.06. The first-order chi connectivity index (χ1) is 9.63. The molecule has 0 saturated carbocycles. The minimum Gasteiger partial charge on any atom is -0.380 e. The van der Waals surface area contributed by atoms with Gasteiger partial charge in [-0.2, -0.15) is 5.10 Å². The van der Waals surface area contributed by atoms with Gasteiger partial charge < -0.3 is 5.32 Å². The minimum absolute atomic E-state index is 0.654. The molecule has 0 radical (unpaired) electrons. The fourth-order valence-electron chi connectivity index (χ4n) is 1.96. The average molecular weight is 352 g/mol. The van der Waals surface area contributed by atoms with Crippen molar-refractivity contribution in [2.75, 3.05) is 5.32 Å². The van der Waals surface area contributed by atoms with E-state index in [9.17, 15) is 0 Å². The van der Waals surface area contributed by atoms with E-state index >= 15 is 0 Å². The van der Waals surface area contributed by atoms with E-state index in [4.69, 9.17) is 11.6 Å². The van der Waals surface area contributed by atoms with Crippen LogP contribution in [0.4, 0.5) is 5.69 Å². The van der Waals surface area contributed by atoms with Crippen molar-refractivity contribution in [2.45, 2.75) is 13.5 Å². The third-order valence-corrected chi connectivity index (χ3v) is 4.32. The molecule has 0 spiro atoms. The zero-order chi connectivity index (χ0) is 14.1. The summed E-state index contributed by atoms with van der Waals surface area (Å²) < 4.78 is 2.66. The van der Waals surface area contributed by atoms with Gasteiger partial charge in [0.05, 0.1) is 20.9 Å². The first-order valence-electron chi connectivity index (χ1n) is 6.12. The number of fused-ring (bicyclic) bond motifs is 1. The summed E-state index contributed by atoms with van der Waals surface area (Å²) in [6.45, 7) is 2.61. The van der Waals surface area contributed by atoms with Gasteiger partial charge in [0.25, 0.3) is 0 Å². The molecule has 3 rings (SSSR count). The second-order valence-electron chi connectivity index (χ2n) is 4.51. The van der Waals surface area contributed by atoms with Crippen molar-refractivity contribution >= 4 is 38.9 Å². The molecule has 0 aliphatic heterocycles. The molecule has 3 aromatic rings. The molecule has 6 heteroatoms. The van der Waals surface area contributed by atoms with Crippen molar-refractivity contribution in [1.82, 2.24) is 14.6 Å². The zero-order valence-electron chi connectivity index (χ0n) is 10.8. The zero-order valence-corrected chi connectivity index (χ0v) is 13.1. The van der Waals surface area contributed by atoms with E-state index in [-0.39, 0.29) is 0 Å². The molecule has 2 aromatic heterocycles. The van der Waals surface area contributed by atoms with E-state index in [1.54, 1.807) is 4.52 Å². The molecule has 1 N–H and O–H groups in total. The summed E-state index contributed by atoms with van der Waals surface area (Å²) in [6, 6.07) is 7.68. The fraction of sp³-hybridized carbons (Fsp3) is 0.143. The Balaban J connectivity index is 1.81. The SMILES string of the molecule is Cc1cc2ncc(CNc3cccc(Cl)c3Br)cn2n1. The molecule has 0 unspecified atom stereocenters. The second kappa shape index (κ2) is 5.42. The van der Waals surface area contributed by atoms with Gasteiger partial charge >= 0.3 is 0 Å². The number of aryl methyl sites for hydroxylation is 1. The number of rotatable bonds is 3. The van der Waals surface area contributed by atoms with Crippen molar-refractivity contribution in [1.29, 1.82) is 0 Å². The highest BCUT2D eigenvalue weighted by molar-refractivity contribution is 9.10. The van der Waals surface area contributed by atoms with E-state index in [2.05, 4.69) is 31.3 Å². The van der Waals surface area contributed by atoms with Gasteiger partial charge in [-0.1, -0.05) is 17.7 Å². The maximum Gasteiger partial charge on any atom is 0.155 e. The second-order valence-corrected chi connectivity index (χ2v) is 5.71. The Morgan fingerprint density at radius 2 is 2.25 bits per heavy atom. The van der Waals surface area contributed by atoms with Crippen LogP contribution in [0, 0.1) is 6.92 Å². The number of nitrogens with one attached hydrogen (secondary N) is 1. The lowest BCUT2D eigenvalue weighted by atomic mass is 10.3. The minimum atomic E-state index is 0.654. The molecule has 0 fully saturated rings. The molecule has 0 aliphatic carbocycles. The molecule has 0 amide bonds. The van der Waals surface area contributed by atoms with Gasteiger partial charge in [0.1, 0.15) is 0 Å². The van der Waals surface area contributed by atoms with Crippen LogP contribution in [-0.2, 0) is 6.54 Å². The molecule has 20 heavy (non-hydrogen) atoms. The van der Waals surface area contributed by atoms with Gasteiger partial charge in [0.2, 0.25) is 0 Å². The first kappa shape index (κ1) is 13.4. The van der Waals surface area contributed by atoms with E-state index in [0.717, 1.165) is 27.1 Å². The predicted molar refractivity (Wildman–Crippen MR) is 84.2 cm³/mol. The van der Waals surface area contributed by atoms with Gasteiger partial charge in [0.15, 0.2) is 5.65 Å². The molecular formula is C14H12BrClN4. The quantitative estimate of drug-likeness (QED) is 0.773. The van der Waals surface area contributed by atoms with Crippen molar-refractivity contribution in [3.05, 3.63) is 57.4 Å². The van der Waals surface area contributed by atoms with Gasteiger partial charge in [-0.25, -0.2) is 9.50 Å². The van der Waals surface area contributed by atoms with Crippen LogP contribution in [0.1, 0.15) is 11.3 Å². The lowest BCUT2D eigenvalue weighted by Gasteiger charge is -2.09. The van der Waals surface area contributed by atoms with Crippen LogP contribution in [0.15, 0.2) is 41.1 Å². The summed E-state index contributed by atoms with van der Waals surface area (Å²) in [5, 5.41) is 8.37. The number of hydrogen-bond acceptors (Lipinski definition) is 3. The van der Waals surface area contributed by atoms with Crippen LogP contribution in [0.5, 0.6) is 0 Å². The summed E-state index contributed by atoms with van der Waals surface area (Å²) in [7, 11) is 0. The maximum atomic E-state index is 6.06. The summed E-state index contributed by atoms with van der Waals surface area (Å²) in [4.78, 5) is 4.38. The Kier molecular flexibility index (Phi) is 3.63. The molecule has 0 aliphatic rings. The average Bonchev–Trinajstić information content (AvgIpc) is 2.79. The number of benzene rings is 1. The smallest absolute Gasteiger partial charge is 0.155 e. The van der Waals surface area contributed by atoms with Gasteiger partial charge in [-0.15, -0.1) is 0 Å². The highest BCUT2D eigenvalue weighted by atomic mass is 79.9. The Bertz CT molecular complexity index is 769. The molecule has 0 saturated heterocycles. The van der Waals surface area contributed by atoms with Crippen molar-refractivity contribution in [3.63, 3.8) is 0 Å².